The van der Waals surface area contributed by atoms with Crippen LogP contribution in [-0.2, 0) is 0 Å². The van der Waals surface area contributed by atoms with E-state index in [9.17, 15) is 0 Å². The van der Waals surface area contributed by atoms with Crippen molar-refractivity contribution in [2.45, 2.75) is 20.8 Å². The minimum Gasteiger partial charge on any atom is -0.490 e. The molecule has 0 spiro atoms. The summed E-state index contributed by atoms with van der Waals surface area (Å²) in [5.41, 5.74) is 4.59. The average molecular weight is 459 g/mol. The number of aromatic amines is 1. The van der Waals surface area contributed by atoms with Gasteiger partial charge >= 0.3 is 0 Å². The molecule has 0 aliphatic heterocycles. The van der Waals surface area contributed by atoms with Gasteiger partial charge in [-0.3, -0.25) is 0 Å². The number of H-pyrrole nitrogens is 1. The number of benzene rings is 3. The first-order valence-electron chi connectivity index (χ1n) is 11.6. The third-order valence-corrected chi connectivity index (χ3v) is 5.31. The smallest absolute Gasteiger partial charge is 0.208 e. The van der Waals surface area contributed by atoms with Crippen LogP contribution in [0.25, 0.3) is 33.9 Å². The number of methoxy groups -OCH3 is 1. The molecule has 0 radical (unpaired) electrons. The van der Waals surface area contributed by atoms with Gasteiger partial charge in [-0.05, 0) is 26.8 Å². The number of hydrogen-bond donors (Lipinski definition) is 1. The maximum Gasteiger partial charge on any atom is 0.208 e. The molecule has 3 aromatic carbocycles. The Labute approximate surface area is 200 Å². The van der Waals surface area contributed by atoms with Crippen molar-refractivity contribution in [1.82, 2.24) is 9.97 Å². The fourth-order valence-electron chi connectivity index (χ4n) is 3.91. The molecule has 4 aromatic rings. The predicted molar refractivity (Wildman–Crippen MR) is 135 cm³/mol. The standard InChI is InChI=1S/C28H30N2O4/c1-5-32-22-18-21(25(33-6-2)27(34-7-3)26(22)31-4)28-29-23(19-14-10-8-11-15-19)24(30-28)20-16-12-9-13-17-20/h8-18H,5-7H2,1-4H3,(H,29,30). The Balaban J connectivity index is 1.99. The number of hydrogen-bond acceptors (Lipinski definition) is 5. The normalized spacial score (nSPS) is 10.7. The SMILES string of the molecule is CCOc1cc(-c2nc(-c3ccccc3)c(-c3ccccc3)[nH]2)c(OCC)c(OCC)c1OC. The van der Waals surface area contributed by atoms with Gasteiger partial charge < -0.3 is 23.9 Å². The summed E-state index contributed by atoms with van der Waals surface area (Å²) in [6, 6.07) is 22.2. The number of imidazole rings is 1. The van der Waals surface area contributed by atoms with Crippen LogP contribution in [0.1, 0.15) is 20.8 Å². The minimum absolute atomic E-state index is 0.453. The van der Waals surface area contributed by atoms with Gasteiger partial charge in [0.1, 0.15) is 5.82 Å². The molecule has 0 saturated carbocycles. The molecule has 0 atom stereocenters. The van der Waals surface area contributed by atoms with Gasteiger partial charge in [-0.2, -0.15) is 0 Å². The third kappa shape index (κ3) is 4.57. The summed E-state index contributed by atoms with van der Waals surface area (Å²) in [5, 5.41) is 0. The van der Waals surface area contributed by atoms with E-state index in [0.29, 0.717) is 48.6 Å². The summed E-state index contributed by atoms with van der Waals surface area (Å²) in [7, 11) is 1.60. The van der Waals surface area contributed by atoms with Crippen LogP contribution in [0.2, 0.25) is 0 Å². The maximum absolute atomic E-state index is 6.09. The van der Waals surface area contributed by atoms with Crippen molar-refractivity contribution in [2.75, 3.05) is 26.9 Å². The van der Waals surface area contributed by atoms with Gasteiger partial charge in [-0.25, -0.2) is 4.98 Å². The molecule has 0 aliphatic carbocycles. The third-order valence-electron chi connectivity index (χ3n) is 5.31. The summed E-state index contributed by atoms with van der Waals surface area (Å²) in [6.45, 7) is 7.20. The largest absolute Gasteiger partial charge is 0.490 e. The second-order valence-corrected chi connectivity index (χ2v) is 7.45. The molecular weight excluding hydrogens is 428 g/mol. The van der Waals surface area contributed by atoms with Crippen molar-refractivity contribution in [3.63, 3.8) is 0 Å². The van der Waals surface area contributed by atoms with Crippen LogP contribution < -0.4 is 18.9 Å². The Hall–Kier alpha value is -3.93. The van der Waals surface area contributed by atoms with Crippen molar-refractivity contribution in [2.24, 2.45) is 0 Å². The van der Waals surface area contributed by atoms with Crippen LogP contribution in [0, 0.1) is 0 Å². The zero-order valence-electron chi connectivity index (χ0n) is 20.1. The van der Waals surface area contributed by atoms with Crippen molar-refractivity contribution in [3.05, 3.63) is 66.7 Å². The summed E-state index contributed by atoms with van der Waals surface area (Å²) >= 11 is 0. The van der Waals surface area contributed by atoms with Crippen molar-refractivity contribution in [3.8, 4) is 56.9 Å². The van der Waals surface area contributed by atoms with Gasteiger partial charge in [-0.1, -0.05) is 60.7 Å². The van der Waals surface area contributed by atoms with Gasteiger partial charge in [-0.15, -0.1) is 0 Å². The lowest BCUT2D eigenvalue weighted by Gasteiger charge is -2.20. The molecule has 0 aliphatic rings. The van der Waals surface area contributed by atoms with E-state index in [1.807, 2.05) is 63.2 Å². The molecular formula is C28H30N2O4. The first-order chi connectivity index (χ1) is 16.7. The van der Waals surface area contributed by atoms with Crippen LogP contribution >= 0.6 is 0 Å². The quantitative estimate of drug-likeness (QED) is 0.289. The van der Waals surface area contributed by atoms with Gasteiger partial charge in [0, 0.05) is 11.1 Å². The first kappa shape index (κ1) is 23.2. The molecule has 1 heterocycles. The van der Waals surface area contributed by atoms with E-state index in [0.717, 1.165) is 28.1 Å². The van der Waals surface area contributed by atoms with E-state index < -0.39 is 0 Å². The Morgan fingerprint density at radius 2 is 1.29 bits per heavy atom. The van der Waals surface area contributed by atoms with Crippen molar-refractivity contribution >= 4 is 0 Å². The van der Waals surface area contributed by atoms with Crippen LogP contribution in [0.5, 0.6) is 23.0 Å². The summed E-state index contributed by atoms with van der Waals surface area (Å²) in [6.07, 6.45) is 0. The summed E-state index contributed by atoms with van der Waals surface area (Å²) in [4.78, 5) is 8.59. The van der Waals surface area contributed by atoms with E-state index in [-0.39, 0.29) is 0 Å². The van der Waals surface area contributed by atoms with E-state index in [4.69, 9.17) is 23.9 Å². The number of nitrogens with one attached hydrogen (secondary N) is 1. The van der Waals surface area contributed by atoms with Crippen LogP contribution in [0.3, 0.4) is 0 Å². The zero-order valence-corrected chi connectivity index (χ0v) is 20.1. The lowest BCUT2D eigenvalue weighted by Crippen LogP contribution is -2.05. The molecule has 0 fully saturated rings. The highest BCUT2D eigenvalue weighted by molar-refractivity contribution is 5.84. The molecule has 0 unspecified atom stereocenters. The average Bonchev–Trinajstić information content (AvgIpc) is 3.32. The molecule has 6 heteroatoms. The molecule has 1 aromatic heterocycles. The summed E-state index contributed by atoms with van der Waals surface area (Å²) in [5.74, 6) is 2.81. The lowest BCUT2D eigenvalue weighted by molar-refractivity contribution is 0.259. The van der Waals surface area contributed by atoms with Crippen LogP contribution in [-0.4, -0.2) is 36.9 Å². The molecule has 34 heavy (non-hydrogen) atoms. The number of nitrogens with zero attached hydrogens (tertiary/aromatic N) is 1. The predicted octanol–water partition coefficient (Wildman–Crippen LogP) is 6.62. The van der Waals surface area contributed by atoms with Gasteiger partial charge in [0.15, 0.2) is 11.5 Å². The fraction of sp³-hybridized carbons (Fsp3) is 0.250. The molecule has 1 N–H and O–H groups in total. The van der Waals surface area contributed by atoms with Gasteiger partial charge in [0.2, 0.25) is 11.5 Å². The Bertz CT molecular complexity index is 1160. The maximum atomic E-state index is 6.09. The van der Waals surface area contributed by atoms with E-state index in [1.54, 1.807) is 7.11 Å². The summed E-state index contributed by atoms with van der Waals surface area (Å²) < 4.78 is 23.7. The monoisotopic (exact) mass is 458 g/mol. The molecule has 0 amide bonds. The molecule has 4 rings (SSSR count). The number of rotatable bonds is 10. The highest BCUT2D eigenvalue weighted by atomic mass is 16.6. The molecule has 6 nitrogen and oxygen atoms in total. The highest BCUT2D eigenvalue weighted by Crippen LogP contribution is 2.50. The molecule has 176 valence electrons. The van der Waals surface area contributed by atoms with E-state index >= 15 is 0 Å². The van der Waals surface area contributed by atoms with Crippen LogP contribution in [0.4, 0.5) is 0 Å². The molecule has 0 saturated heterocycles. The second-order valence-electron chi connectivity index (χ2n) is 7.45. The lowest BCUT2D eigenvalue weighted by atomic mass is 10.1. The second kappa shape index (κ2) is 10.8. The van der Waals surface area contributed by atoms with E-state index in [1.165, 1.54) is 0 Å². The Morgan fingerprint density at radius 3 is 1.88 bits per heavy atom. The Kier molecular flexibility index (Phi) is 7.38. The number of ether oxygens (including phenoxy) is 4. The van der Waals surface area contributed by atoms with Crippen LogP contribution in [0.15, 0.2) is 66.7 Å². The topological polar surface area (TPSA) is 65.6 Å². The van der Waals surface area contributed by atoms with Crippen molar-refractivity contribution in [1.29, 1.82) is 0 Å². The van der Waals surface area contributed by atoms with Gasteiger partial charge in [0.05, 0.1) is 43.9 Å². The fourth-order valence-corrected chi connectivity index (χ4v) is 3.91. The number of aromatic nitrogens is 2. The van der Waals surface area contributed by atoms with Gasteiger partial charge in [0.25, 0.3) is 0 Å². The minimum atomic E-state index is 0.453. The molecule has 0 bridgehead atoms. The van der Waals surface area contributed by atoms with Crippen molar-refractivity contribution < 1.29 is 18.9 Å². The highest BCUT2D eigenvalue weighted by Gasteiger charge is 2.26. The Morgan fingerprint density at radius 1 is 0.706 bits per heavy atom. The first-order valence-corrected chi connectivity index (χ1v) is 11.6. The van der Waals surface area contributed by atoms with E-state index in [2.05, 4.69) is 29.2 Å². The zero-order chi connectivity index (χ0) is 23.9.